The van der Waals surface area contributed by atoms with Gasteiger partial charge in [0, 0.05) is 6.20 Å². The minimum Gasteiger partial charge on any atom is -0.265 e. The van der Waals surface area contributed by atoms with Gasteiger partial charge in [-0.15, -0.1) is 0 Å². The molecule has 0 saturated carbocycles. The molecule has 1 amide bonds. The normalized spacial score (nSPS) is 10.0. The van der Waals surface area contributed by atoms with Crippen molar-refractivity contribution >= 4 is 11.6 Å². The molecular weight excluding hydrogens is 214 g/mol. The molecule has 0 saturated heterocycles. The van der Waals surface area contributed by atoms with Crippen molar-refractivity contribution in [2.45, 2.75) is 6.92 Å². The van der Waals surface area contributed by atoms with E-state index in [1.807, 2.05) is 19.1 Å². The van der Waals surface area contributed by atoms with E-state index in [0.29, 0.717) is 11.4 Å². The summed E-state index contributed by atoms with van der Waals surface area (Å²) in [7, 11) is 0. The van der Waals surface area contributed by atoms with E-state index in [9.17, 15) is 4.79 Å². The second-order valence-corrected chi connectivity index (χ2v) is 3.73. The summed E-state index contributed by atoms with van der Waals surface area (Å²) in [6, 6.07) is 12.6. The van der Waals surface area contributed by atoms with E-state index < -0.39 is 0 Å². The predicted molar refractivity (Wildman–Crippen MR) is 66.4 cm³/mol. The van der Waals surface area contributed by atoms with Gasteiger partial charge < -0.3 is 0 Å². The third-order valence-electron chi connectivity index (χ3n) is 2.41. The number of hydrogen-bond donors (Lipinski definition) is 1. The standard InChI is InChI=1S/C13H13N3O/c1-10-5-7-11(8-6-10)16(14)13(17)12-4-2-3-9-15-12/h2-9H,14H2,1H3. The Labute approximate surface area is 99.7 Å². The third kappa shape index (κ3) is 2.49. The zero-order valence-corrected chi connectivity index (χ0v) is 9.50. The van der Waals surface area contributed by atoms with Crippen LogP contribution in [0.1, 0.15) is 16.1 Å². The van der Waals surface area contributed by atoms with Crippen LogP contribution in [0.25, 0.3) is 0 Å². The summed E-state index contributed by atoms with van der Waals surface area (Å²) >= 11 is 0. The van der Waals surface area contributed by atoms with Crippen molar-refractivity contribution in [1.82, 2.24) is 4.98 Å². The SMILES string of the molecule is Cc1ccc(N(N)C(=O)c2ccccn2)cc1. The highest BCUT2D eigenvalue weighted by atomic mass is 16.2. The van der Waals surface area contributed by atoms with Crippen LogP contribution in [-0.4, -0.2) is 10.9 Å². The molecule has 0 aliphatic carbocycles. The number of aryl methyl sites for hydroxylation is 1. The lowest BCUT2D eigenvalue weighted by Gasteiger charge is -2.16. The van der Waals surface area contributed by atoms with E-state index in [1.54, 1.807) is 36.5 Å². The van der Waals surface area contributed by atoms with Gasteiger partial charge in [-0.25, -0.2) is 10.9 Å². The maximum absolute atomic E-state index is 12.0. The number of benzene rings is 1. The lowest BCUT2D eigenvalue weighted by Crippen LogP contribution is -2.37. The van der Waals surface area contributed by atoms with Gasteiger partial charge in [-0.2, -0.15) is 0 Å². The van der Waals surface area contributed by atoms with Crippen LogP contribution in [-0.2, 0) is 0 Å². The van der Waals surface area contributed by atoms with Crippen LogP contribution in [0.4, 0.5) is 5.69 Å². The van der Waals surface area contributed by atoms with Gasteiger partial charge >= 0.3 is 0 Å². The van der Waals surface area contributed by atoms with Crippen molar-refractivity contribution < 1.29 is 4.79 Å². The van der Waals surface area contributed by atoms with Crippen LogP contribution in [0.3, 0.4) is 0 Å². The zero-order chi connectivity index (χ0) is 12.3. The van der Waals surface area contributed by atoms with Gasteiger partial charge in [0.15, 0.2) is 0 Å². The van der Waals surface area contributed by atoms with E-state index in [4.69, 9.17) is 5.84 Å². The summed E-state index contributed by atoms with van der Waals surface area (Å²) in [5.41, 5.74) is 2.09. The van der Waals surface area contributed by atoms with Gasteiger partial charge in [-0.05, 0) is 31.2 Å². The molecule has 1 heterocycles. The fraction of sp³-hybridized carbons (Fsp3) is 0.0769. The lowest BCUT2D eigenvalue weighted by atomic mass is 10.2. The Morgan fingerprint density at radius 3 is 2.47 bits per heavy atom. The summed E-state index contributed by atoms with van der Waals surface area (Å²) in [5.74, 6) is 5.44. The summed E-state index contributed by atoms with van der Waals surface area (Å²) < 4.78 is 0. The van der Waals surface area contributed by atoms with E-state index in [0.717, 1.165) is 10.6 Å². The number of amides is 1. The topological polar surface area (TPSA) is 59.2 Å². The molecule has 0 atom stereocenters. The summed E-state index contributed by atoms with van der Waals surface area (Å²) in [5, 5.41) is 1.10. The highest BCUT2D eigenvalue weighted by Crippen LogP contribution is 2.13. The van der Waals surface area contributed by atoms with Gasteiger partial charge in [-0.1, -0.05) is 23.8 Å². The largest absolute Gasteiger partial charge is 0.291 e. The Bertz CT molecular complexity index is 508. The number of hydrazine groups is 1. The first-order valence-corrected chi connectivity index (χ1v) is 5.25. The molecule has 1 aromatic carbocycles. The van der Waals surface area contributed by atoms with Gasteiger partial charge in [0.25, 0.3) is 5.91 Å². The molecule has 0 spiro atoms. The molecule has 0 unspecified atom stereocenters. The number of nitrogens with zero attached hydrogens (tertiary/aromatic N) is 2. The fourth-order valence-electron chi connectivity index (χ4n) is 1.44. The monoisotopic (exact) mass is 227 g/mol. The number of carbonyl (C=O) groups excluding carboxylic acids is 1. The van der Waals surface area contributed by atoms with Gasteiger partial charge in [0.05, 0.1) is 5.69 Å². The van der Waals surface area contributed by atoms with Crippen LogP contribution >= 0.6 is 0 Å². The summed E-state index contributed by atoms with van der Waals surface area (Å²) in [6.07, 6.45) is 1.57. The number of pyridine rings is 1. The Hall–Kier alpha value is -2.20. The lowest BCUT2D eigenvalue weighted by molar-refractivity contribution is 0.0982. The van der Waals surface area contributed by atoms with Gasteiger partial charge in [-0.3, -0.25) is 9.78 Å². The second kappa shape index (κ2) is 4.76. The number of carbonyl (C=O) groups is 1. The summed E-state index contributed by atoms with van der Waals surface area (Å²) in [4.78, 5) is 15.9. The molecule has 17 heavy (non-hydrogen) atoms. The molecule has 2 rings (SSSR count). The highest BCUT2D eigenvalue weighted by Gasteiger charge is 2.14. The molecule has 2 aromatic rings. The predicted octanol–water partition coefficient (Wildman–Crippen LogP) is 1.91. The van der Waals surface area contributed by atoms with Crippen LogP contribution < -0.4 is 10.9 Å². The van der Waals surface area contributed by atoms with Crippen molar-refractivity contribution in [2.75, 3.05) is 5.01 Å². The molecule has 4 nitrogen and oxygen atoms in total. The van der Waals surface area contributed by atoms with E-state index in [-0.39, 0.29) is 5.91 Å². The Morgan fingerprint density at radius 1 is 1.18 bits per heavy atom. The molecule has 0 bridgehead atoms. The molecule has 4 heteroatoms. The molecule has 2 N–H and O–H groups in total. The first-order valence-electron chi connectivity index (χ1n) is 5.25. The quantitative estimate of drug-likeness (QED) is 0.484. The smallest absolute Gasteiger partial charge is 0.265 e. The highest BCUT2D eigenvalue weighted by molar-refractivity contribution is 6.03. The van der Waals surface area contributed by atoms with Crippen LogP contribution in [0.5, 0.6) is 0 Å². The van der Waals surface area contributed by atoms with Gasteiger partial charge in [0.2, 0.25) is 0 Å². The Morgan fingerprint density at radius 2 is 1.88 bits per heavy atom. The molecule has 0 aliphatic heterocycles. The van der Waals surface area contributed by atoms with Crippen LogP contribution in [0, 0.1) is 6.92 Å². The van der Waals surface area contributed by atoms with Crippen LogP contribution in [0.2, 0.25) is 0 Å². The number of anilines is 1. The number of hydrogen-bond acceptors (Lipinski definition) is 3. The van der Waals surface area contributed by atoms with Gasteiger partial charge in [0.1, 0.15) is 5.69 Å². The molecular formula is C13H13N3O. The van der Waals surface area contributed by atoms with Crippen molar-refractivity contribution in [3.8, 4) is 0 Å². The average molecular weight is 227 g/mol. The Kier molecular flexibility index (Phi) is 3.16. The van der Waals surface area contributed by atoms with Crippen molar-refractivity contribution in [1.29, 1.82) is 0 Å². The minimum atomic E-state index is -0.325. The van der Waals surface area contributed by atoms with Crippen LogP contribution in [0.15, 0.2) is 48.7 Å². The second-order valence-electron chi connectivity index (χ2n) is 3.73. The molecule has 1 aromatic heterocycles. The molecule has 0 radical (unpaired) electrons. The van der Waals surface area contributed by atoms with E-state index in [2.05, 4.69) is 4.98 Å². The third-order valence-corrected chi connectivity index (χ3v) is 2.41. The maximum Gasteiger partial charge on any atom is 0.291 e. The first kappa shape index (κ1) is 11.3. The van der Waals surface area contributed by atoms with Crippen molar-refractivity contribution in [3.05, 3.63) is 59.9 Å². The Balaban J connectivity index is 2.23. The fourth-order valence-corrected chi connectivity index (χ4v) is 1.44. The van der Waals surface area contributed by atoms with E-state index in [1.165, 1.54) is 0 Å². The van der Waals surface area contributed by atoms with E-state index >= 15 is 0 Å². The van der Waals surface area contributed by atoms with Crippen molar-refractivity contribution in [3.63, 3.8) is 0 Å². The number of nitrogens with two attached hydrogens (primary N) is 1. The molecule has 86 valence electrons. The first-order chi connectivity index (χ1) is 8.18. The molecule has 0 fully saturated rings. The number of aromatic nitrogens is 1. The van der Waals surface area contributed by atoms with Crippen molar-refractivity contribution in [2.24, 2.45) is 5.84 Å². The summed E-state index contributed by atoms with van der Waals surface area (Å²) in [6.45, 7) is 1.98. The minimum absolute atomic E-state index is 0.325. The average Bonchev–Trinajstić information content (AvgIpc) is 2.39. The molecule has 0 aliphatic rings. The maximum atomic E-state index is 12.0. The zero-order valence-electron chi connectivity index (χ0n) is 9.50. The number of rotatable bonds is 2.